The first-order valence-corrected chi connectivity index (χ1v) is 7.59. The summed E-state index contributed by atoms with van der Waals surface area (Å²) in [5.41, 5.74) is 0.549. The monoisotopic (exact) mass is 285 g/mol. The first-order chi connectivity index (χ1) is 8.95. The Morgan fingerprint density at radius 1 is 1.32 bits per heavy atom. The smallest absolute Gasteiger partial charge is 0.267 e. The van der Waals surface area contributed by atoms with E-state index in [1.165, 1.54) is 6.07 Å². The van der Waals surface area contributed by atoms with Gasteiger partial charge in [-0.2, -0.15) is 0 Å². The van der Waals surface area contributed by atoms with Gasteiger partial charge in [0.1, 0.15) is 6.67 Å². The molecule has 0 spiro atoms. The van der Waals surface area contributed by atoms with E-state index >= 15 is 0 Å². The molecular weight excluding hydrogens is 269 g/mol. The van der Waals surface area contributed by atoms with Crippen LogP contribution in [0.4, 0.5) is 4.39 Å². The van der Waals surface area contributed by atoms with E-state index in [0.29, 0.717) is 16.3 Å². The fourth-order valence-corrected chi connectivity index (χ4v) is 4.31. The van der Waals surface area contributed by atoms with E-state index < -0.39 is 34.6 Å². The molecule has 1 aromatic rings. The van der Waals surface area contributed by atoms with Crippen LogP contribution in [-0.2, 0) is 14.8 Å². The molecular formula is C13H16FNO3S. The number of β-lactam (4-membered cyclic amide) rings is 1. The topological polar surface area (TPSA) is 54.5 Å². The first-order valence-electron chi connectivity index (χ1n) is 6.15. The van der Waals surface area contributed by atoms with Gasteiger partial charge in [0, 0.05) is 0 Å². The largest absolute Gasteiger partial charge is 0.273 e. The third-order valence-electron chi connectivity index (χ3n) is 3.53. The van der Waals surface area contributed by atoms with Gasteiger partial charge < -0.3 is 0 Å². The number of rotatable bonds is 4. The number of hydrogen-bond donors (Lipinski definition) is 0. The van der Waals surface area contributed by atoms with Crippen LogP contribution in [-0.4, -0.2) is 31.3 Å². The van der Waals surface area contributed by atoms with Crippen molar-refractivity contribution in [2.24, 2.45) is 5.92 Å². The van der Waals surface area contributed by atoms with Crippen molar-refractivity contribution in [3.05, 3.63) is 29.8 Å². The lowest BCUT2D eigenvalue weighted by Crippen LogP contribution is -2.63. The molecule has 1 aliphatic heterocycles. The van der Waals surface area contributed by atoms with Crippen LogP contribution in [0.2, 0.25) is 0 Å². The highest BCUT2D eigenvalue weighted by molar-refractivity contribution is 7.89. The maximum atomic E-state index is 13.0. The molecule has 2 atom stereocenters. The summed E-state index contributed by atoms with van der Waals surface area (Å²) in [5.74, 6) is -1.03. The molecule has 0 saturated carbocycles. The Kier molecular flexibility index (Phi) is 3.62. The van der Waals surface area contributed by atoms with Crippen molar-refractivity contribution < 1.29 is 17.6 Å². The number of hydrogen-bond acceptors (Lipinski definition) is 3. The van der Waals surface area contributed by atoms with Gasteiger partial charge in [-0.15, -0.1) is 0 Å². The van der Waals surface area contributed by atoms with Crippen LogP contribution >= 0.6 is 0 Å². The van der Waals surface area contributed by atoms with Gasteiger partial charge in [0.05, 0.1) is 16.9 Å². The Labute approximate surface area is 112 Å². The molecule has 1 fully saturated rings. The van der Waals surface area contributed by atoms with Gasteiger partial charge in [0.15, 0.2) is 0 Å². The lowest BCUT2D eigenvalue weighted by molar-refractivity contribution is -0.147. The van der Waals surface area contributed by atoms with Gasteiger partial charge in [-0.05, 0) is 25.0 Å². The number of aryl methyl sites for hydroxylation is 1. The standard InChI is InChI=1S/C13H16FNO3S/c1-3-10-11(8-14)15(13(10)16)19(17,18)12-7-5-4-6-9(12)2/h4-7,10-11H,3,8H2,1-2H3/t10-,11+/m0/s1. The number of amides is 1. The van der Waals surface area contributed by atoms with Gasteiger partial charge in [0.25, 0.3) is 10.0 Å². The number of benzene rings is 1. The fraction of sp³-hybridized carbons (Fsp3) is 0.462. The van der Waals surface area contributed by atoms with E-state index in [0.717, 1.165) is 0 Å². The van der Waals surface area contributed by atoms with Crippen LogP contribution in [0.15, 0.2) is 29.2 Å². The second kappa shape index (κ2) is 4.92. The zero-order chi connectivity index (χ0) is 14.2. The van der Waals surface area contributed by atoms with Crippen molar-refractivity contribution in [1.29, 1.82) is 0 Å². The van der Waals surface area contributed by atoms with E-state index in [1.807, 2.05) is 0 Å². The zero-order valence-corrected chi connectivity index (χ0v) is 11.7. The van der Waals surface area contributed by atoms with Crippen molar-refractivity contribution in [3.8, 4) is 0 Å². The predicted molar refractivity (Wildman–Crippen MR) is 68.8 cm³/mol. The Bertz CT molecular complexity index is 600. The molecule has 1 aliphatic rings. The summed E-state index contributed by atoms with van der Waals surface area (Å²) in [6, 6.07) is 5.53. The average molecular weight is 285 g/mol. The van der Waals surface area contributed by atoms with E-state index in [1.54, 1.807) is 32.0 Å². The lowest BCUT2D eigenvalue weighted by atomic mass is 9.89. The first kappa shape index (κ1) is 14.0. The summed E-state index contributed by atoms with van der Waals surface area (Å²) in [6.07, 6.45) is 0.452. The maximum Gasteiger partial charge on any atom is 0.267 e. The molecule has 104 valence electrons. The third-order valence-corrected chi connectivity index (χ3v) is 5.51. The average Bonchev–Trinajstić information content (AvgIpc) is 2.36. The third kappa shape index (κ3) is 2.04. The molecule has 1 amide bonds. The SMILES string of the molecule is CC[C@@H]1C(=O)N(S(=O)(=O)c2ccccc2C)[C@@H]1CF. The van der Waals surface area contributed by atoms with Gasteiger partial charge >= 0.3 is 0 Å². The summed E-state index contributed by atoms with van der Waals surface area (Å²) in [6.45, 7) is 2.57. The second-order valence-electron chi connectivity index (χ2n) is 4.64. The molecule has 0 radical (unpaired) electrons. The lowest BCUT2D eigenvalue weighted by Gasteiger charge is -2.44. The molecule has 0 bridgehead atoms. The van der Waals surface area contributed by atoms with Gasteiger partial charge in [0.2, 0.25) is 5.91 Å². The normalized spacial score (nSPS) is 23.3. The van der Waals surface area contributed by atoms with Crippen LogP contribution < -0.4 is 0 Å². The molecule has 0 unspecified atom stereocenters. The van der Waals surface area contributed by atoms with Gasteiger partial charge in [-0.3, -0.25) is 4.79 Å². The quantitative estimate of drug-likeness (QED) is 0.794. The number of nitrogens with zero attached hydrogens (tertiary/aromatic N) is 1. The Balaban J connectivity index is 2.42. The number of sulfonamides is 1. The minimum atomic E-state index is -3.94. The molecule has 1 saturated heterocycles. The molecule has 4 nitrogen and oxygen atoms in total. The predicted octanol–water partition coefficient (Wildman–Crippen LogP) is 1.89. The molecule has 2 rings (SSSR count). The summed E-state index contributed by atoms with van der Waals surface area (Å²) in [7, 11) is -3.94. The van der Waals surface area contributed by atoms with Crippen molar-refractivity contribution in [3.63, 3.8) is 0 Å². The van der Waals surface area contributed by atoms with Crippen molar-refractivity contribution >= 4 is 15.9 Å². The van der Waals surface area contributed by atoms with Crippen LogP contribution in [0.5, 0.6) is 0 Å². The minimum absolute atomic E-state index is 0.0661. The number of carbonyl (C=O) groups is 1. The number of halogens is 1. The molecule has 1 heterocycles. The van der Waals surface area contributed by atoms with Crippen molar-refractivity contribution in [2.45, 2.75) is 31.2 Å². The highest BCUT2D eigenvalue weighted by Crippen LogP contribution is 2.35. The van der Waals surface area contributed by atoms with E-state index in [-0.39, 0.29) is 4.90 Å². The van der Waals surface area contributed by atoms with Crippen LogP contribution in [0, 0.1) is 12.8 Å². The molecule has 0 aliphatic carbocycles. The van der Waals surface area contributed by atoms with E-state index in [9.17, 15) is 17.6 Å². The number of alkyl halides is 1. The summed E-state index contributed by atoms with van der Waals surface area (Å²) in [5, 5.41) is 0. The van der Waals surface area contributed by atoms with E-state index in [4.69, 9.17) is 0 Å². The highest BCUT2D eigenvalue weighted by Gasteiger charge is 2.52. The van der Waals surface area contributed by atoms with Gasteiger partial charge in [-0.1, -0.05) is 25.1 Å². The number of carbonyl (C=O) groups excluding carboxylic acids is 1. The molecule has 1 aromatic carbocycles. The molecule has 0 N–H and O–H groups in total. The summed E-state index contributed by atoms with van der Waals surface area (Å²) in [4.78, 5) is 11.9. The van der Waals surface area contributed by atoms with Gasteiger partial charge in [-0.25, -0.2) is 17.1 Å². The summed E-state index contributed by atoms with van der Waals surface area (Å²) >= 11 is 0. The molecule has 19 heavy (non-hydrogen) atoms. The maximum absolute atomic E-state index is 13.0. The highest BCUT2D eigenvalue weighted by atomic mass is 32.2. The van der Waals surface area contributed by atoms with Crippen molar-refractivity contribution in [2.75, 3.05) is 6.67 Å². The Morgan fingerprint density at radius 3 is 2.47 bits per heavy atom. The van der Waals surface area contributed by atoms with Crippen molar-refractivity contribution in [1.82, 2.24) is 4.31 Å². The Morgan fingerprint density at radius 2 is 1.95 bits per heavy atom. The second-order valence-corrected chi connectivity index (χ2v) is 6.42. The minimum Gasteiger partial charge on any atom is -0.273 e. The summed E-state index contributed by atoms with van der Waals surface area (Å²) < 4.78 is 38.5. The molecule has 0 aromatic heterocycles. The van der Waals surface area contributed by atoms with Crippen LogP contribution in [0.3, 0.4) is 0 Å². The molecule has 6 heteroatoms. The van der Waals surface area contributed by atoms with Crippen LogP contribution in [0.1, 0.15) is 18.9 Å². The van der Waals surface area contributed by atoms with Crippen LogP contribution in [0.25, 0.3) is 0 Å². The fourth-order valence-electron chi connectivity index (χ4n) is 2.44. The Hall–Kier alpha value is -1.43. The zero-order valence-electron chi connectivity index (χ0n) is 10.8. The van der Waals surface area contributed by atoms with E-state index in [2.05, 4.69) is 0 Å².